The fourth-order valence-electron chi connectivity index (χ4n) is 1.86. The SMILES string of the molecule is C#CCOc1c(C(C)O)ccc2ccccc12. The molecular weight excluding hydrogens is 212 g/mol. The van der Waals surface area contributed by atoms with Crippen LogP contribution in [-0.4, -0.2) is 11.7 Å². The molecule has 1 N–H and O–H groups in total. The van der Waals surface area contributed by atoms with Crippen molar-refractivity contribution in [2.24, 2.45) is 0 Å². The third-order valence-corrected chi connectivity index (χ3v) is 2.66. The molecule has 0 saturated heterocycles. The van der Waals surface area contributed by atoms with Crippen molar-refractivity contribution in [1.82, 2.24) is 0 Å². The van der Waals surface area contributed by atoms with Crippen molar-refractivity contribution in [3.05, 3.63) is 42.0 Å². The average molecular weight is 226 g/mol. The summed E-state index contributed by atoms with van der Waals surface area (Å²) in [7, 11) is 0. The van der Waals surface area contributed by atoms with Gasteiger partial charge in [0, 0.05) is 10.9 Å². The molecule has 0 bridgehead atoms. The van der Waals surface area contributed by atoms with E-state index in [2.05, 4.69) is 5.92 Å². The monoisotopic (exact) mass is 226 g/mol. The minimum atomic E-state index is -0.576. The molecule has 0 spiro atoms. The first-order valence-electron chi connectivity index (χ1n) is 5.50. The van der Waals surface area contributed by atoms with Crippen LogP contribution >= 0.6 is 0 Å². The van der Waals surface area contributed by atoms with Crippen molar-refractivity contribution in [1.29, 1.82) is 0 Å². The number of fused-ring (bicyclic) bond motifs is 1. The number of hydrogen-bond acceptors (Lipinski definition) is 2. The number of aliphatic hydroxyl groups is 1. The molecule has 2 aromatic carbocycles. The molecule has 0 fully saturated rings. The second-order valence-corrected chi connectivity index (χ2v) is 3.87. The molecule has 0 aliphatic rings. The van der Waals surface area contributed by atoms with Gasteiger partial charge in [0.05, 0.1) is 6.10 Å². The second-order valence-electron chi connectivity index (χ2n) is 3.87. The Morgan fingerprint density at radius 3 is 2.76 bits per heavy atom. The van der Waals surface area contributed by atoms with Crippen LogP contribution in [0.2, 0.25) is 0 Å². The van der Waals surface area contributed by atoms with Crippen molar-refractivity contribution in [2.75, 3.05) is 6.61 Å². The lowest BCUT2D eigenvalue weighted by molar-refractivity contribution is 0.193. The van der Waals surface area contributed by atoms with Gasteiger partial charge in [0.15, 0.2) is 0 Å². The summed E-state index contributed by atoms with van der Waals surface area (Å²) < 4.78 is 5.56. The van der Waals surface area contributed by atoms with E-state index in [0.29, 0.717) is 5.75 Å². The third kappa shape index (κ3) is 2.25. The van der Waals surface area contributed by atoms with Crippen LogP contribution in [0.3, 0.4) is 0 Å². The topological polar surface area (TPSA) is 29.5 Å². The summed E-state index contributed by atoms with van der Waals surface area (Å²) in [5.41, 5.74) is 0.763. The second kappa shape index (κ2) is 4.90. The van der Waals surface area contributed by atoms with E-state index in [1.54, 1.807) is 6.92 Å². The Hall–Kier alpha value is -1.98. The first kappa shape index (κ1) is 11.5. The lowest BCUT2D eigenvalue weighted by Gasteiger charge is -2.14. The molecular formula is C15H14O2. The zero-order valence-electron chi connectivity index (χ0n) is 9.68. The fraction of sp³-hybridized carbons (Fsp3) is 0.200. The average Bonchev–Trinajstić information content (AvgIpc) is 2.35. The van der Waals surface area contributed by atoms with Crippen LogP contribution in [0.25, 0.3) is 10.8 Å². The van der Waals surface area contributed by atoms with E-state index < -0.39 is 6.10 Å². The van der Waals surface area contributed by atoms with Crippen molar-refractivity contribution in [3.63, 3.8) is 0 Å². The van der Waals surface area contributed by atoms with E-state index >= 15 is 0 Å². The van der Waals surface area contributed by atoms with Crippen LogP contribution < -0.4 is 4.74 Å². The normalized spacial score (nSPS) is 12.1. The van der Waals surface area contributed by atoms with Gasteiger partial charge in [-0.15, -0.1) is 6.42 Å². The Kier molecular flexibility index (Phi) is 3.32. The van der Waals surface area contributed by atoms with Crippen molar-refractivity contribution in [2.45, 2.75) is 13.0 Å². The first-order chi connectivity index (χ1) is 8.24. The zero-order chi connectivity index (χ0) is 12.3. The van der Waals surface area contributed by atoms with E-state index in [4.69, 9.17) is 11.2 Å². The summed E-state index contributed by atoms with van der Waals surface area (Å²) in [4.78, 5) is 0. The maximum Gasteiger partial charge on any atom is 0.148 e. The summed E-state index contributed by atoms with van der Waals surface area (Å²) in [6.07, 6.45) is 4.63. The van der Waals surface area contributed by atoms with E-state index in [1.807, 2.05) is 36.4 Å². The number of hydrogen-bond donors (Lipinski definition) is 1. The molecule has 0 aromatic heterocycles. The summed E-state index contributed by atoms with van der Waals surface area (Å²) in [6.45, 7) is 1.92. The highest BCUT2D eigenvalue weighted by atomic mass is 16.5. The molecule has 2 nitrogen and oxygen atoms in total. The minimum absolute atomic E-state index is 0.202. The van der Waals surface area contributed by atoms with Gasteiger partial charge in [-0.3, -0.25) is 0 Å². The highest BCUT2D eigenvalue weighted by Crippen LogP contribution is 2.33. The molecule has 0 heterocycles. The minimum Gasteiger partial charge on any atom is -0.480 e. The van der Waals surface area contributed by atoms with Gasteiger partial charge in [-0.2, -0.15) is 0 Å². The van der Waals surface area contributed by atoms with Crippen LogP contribution in [0.4, 0.5) is 0 Å². The lowest BCUT2D eigenvalue weighted by atomic mass is 10.0. The van der Waals surface area contributed by atoms with Gasteiger partial charge < -0.3 is 9.84 Å². The number of rotatable bonds is 3. The number of terminal acetylenes is 1. The molecule has 0 amide bonds. The van der Waals surface area contributed by atoms with Gasteiger partial charge >= 0.3 is 0 Å². The molecule has 2 heteroatoms. The van der Waals surface area contributed by atoms with Crippen LogP contribution in [0.15, 0.2) is 36.4 Å². The molecule has 17 heavy (non-hydrogen) atoms. The molecule has 2 rings (SSSR count). The number of aliphatic hydroxyl groups excluding tert-OH is 1. The summed E-state index contributed by atoms with van der Waals surface area (Å²) in [6, 6.07) is 11.7. The molecule has 0 radical (unpaired) electrons. The predicted molar refractivity (Wildman–Crippen MR) is 68.9 cm³/mol. The van der Waals surface area contributed by atoms with Gasteiger partial charge in [0.25, 0.3) is 0 Å². The van der Waals surface area contributed by atoms with Gasteiger partial charge in [-0.05, 0) is 12.3 Å². The molecule has 0 aliphatic heterocycles. The summed E-state index contributed by atoms with van der Waals surface area (Å²) >= 11 is 0. The van der Waals surface area contributed by atoms with Crippen LogP contribution in [0.1, 0.15) is 18.6 Å². The Labute approximate surface area is 101 Å². The third-order valence-electron chi connectivity index (χ3n) is 2.66. The fourth-order valence-corrected chi connectivity index (χ4v) is 1.86. The van der Waals surface area contributed by atoms with Crippen LogP contribution in [-0.2, 0) is 0 Å². The Balaban J connectivity index is 2.62. The standard InChI is InChI=1S/C15H14O2/c1-3-10-17-15-13(11(2)16)9-8-12-6-4-5-7-14(12)15/h1,4-9,11,16H,10H2,2H3. The van der Waals surface area contributed by atoms with Crippen molar-refractivity contribution >= 4 is 10.8 Å². The highest BCUT2D eigenvalue weighted by molar-refractivity contribution is 5.89. The molecule has 0 aliphatic carbocycles. The predicted octanol–water partition coefficient (Wildman–Crippen LogP) is 2.91. The maximum absolute atomic E-state index is 9.73. The van der Waals surface area contributed by atoms with Gasteiger partial charge in [-0.1, -0.05) is 42.3 Å². The molecule has 0 saturated carbocycles. The number of ether oxygens (including phenoxy) is 1. The van der Waals surface area contributed by atoms with Crippen molar-refractivity contribution < 1.29 is 9.84 Å². The maximum atomic E-state index is 9.73. The quantitative estimate of drug-likeness (QED) is 0.815. The van der Waals surface area contributed by atoms with Crippen LogP contribution in [0.5, 0.6) is 5.75 Å². The van der Waals surface area contributed by atoms with E-state index in [-0.39, 0.29) is 6.61 Å². The first-order valence-corrected chi connectivity index (χ1v) is 5.50. The van der Waals surface area contributed by atoms with E-state index in [9.17, 15) is 5.11 Å². The van der Waals surface area contributed by atoms with Crippen molar-refractivity contribution in [3.8, 4) is 18.1 Å². The van der Waals surface area contributed by atoms with Gasteiger partial charge in [0.2, 0.25) is 0 Å². The lowest BCUT2D eigenvalue weighted by Crippen LogP contribution is -2.01. The molecule has 86 valence electrons. The van der Waals surface area contributed by atoms with Gasteiger partial charge in [0.1, 0.15) is 12.4 Å². The van der Waals surface area contributed by atoms with Crippen LogP contribution in [0, 0.1) is 12.3 Å². The Morgan fingerprint density at radius 2 is 2.06 bits per heavy atom. The summed E-state index contributed by atoms with van der Waals surface area (Å²) in [5, 5.41) is 11.8. The molecule has 1 atom stereocenters. The highest BCUT2D eigenvalue weighted by Gasteiger charge is 2.12. The largest absolute Gasteiger partial charge is 0.480 e. The Morgan fingerprint density at radius 1 is 1.29 bits per heavy atom. The Bertz CT molecular complexity index is 565. The van der Waals surface area contributed by atoms with Gasteiger partial charge in [-0.25, -0.2) is 0 Å². The van der Waals surface area contributed by atoms with E-state index in [0.717, 1.165) is 16.3 Å². The van der Waals surface area contributed by atoms with E-state index in [1.165, 1.54) is 0 Å². The smallest absolute Gasteiger partial charge is 0.148 e. The zero-order valence-corrected chi connectivity index (χ0v) is 9.68. The number of benzene rings is 2. The molecule has 1 unspecified atom stereocenters. The summed E-state index contributed by atoms with van der Waals surface area (Å²) in [5.74, 6) is 3.12. The molecule has 2 aromatic rings.